The van der Waals surface area contributed by atoms with E-state index in [1.54, 1.807) is 0 Å². The lowest BCUT2D eigenvalue weighted by Gasteiger charge is -2.21. The van der Waals surface area contributed by atoms with Crippen LogP contribution in [-0.2, 0) is 0 Å². The summed E-state index contributed by atoms with van der Waals surface area (Å²) >= 11 is 0. The molecule has 0 radical (unpaired) electrons. The van der Waals surface area contributed by atoms with E-state index in [0.29, 0.717) is 11.1 Å². The third kappa shape index (κ3) is 6.13. The van der Waals surface area contributed by atoms with E-state index in [1.807, 2.05) is 48.5 Å². The molecule has 1 heteroatoms. The third-order valence-electron chi connectivity index (χ3n) is 12.4. The molecule has 61 heavy (non-hydrogen) atoms. The van der Waals surface area contributed by atoms with Crippen LogP contribution >= 0.6 is 0 Å². The number of benzene rings is 11. The number of rotatable bonds is 7. The first kappa shape index (κ1) is 36.2. The Hall–Kier alpha value is -7.87. The average molecular weight is 777 g/mol. The quantitative estimate of drug-likeness (QED) is 0.116. The zero-order valence-electron chi connectivity index (χ0n) is 33.8. The Labute approximate surface area is 355 Å². The SMILES string of the molecule is Cc1cc(-c2c3ccccc3c(-c3ccccc3)c3cc(-c4ccccc4)ccc23)ccc1-c1c2ccccc2c(-c2ccccc2C(=O)c2ccccc2)c2ccccc12. The fraction of sp³-hybridized carbons (Fsp3) is 0.0167. The third-order valence-corrected chi connectivity index (χ3v) is 12.4. The highest BCUT2D eigenvalue weighted by Crippen LogP contribution is 2.48. The molecule has 0 aliphatic carbocycles. The molecule has 0 bridgehead atoms. The van der Waals surface area contributed by atoms with Crippen LogP contribution in [0.25, 0.3) is 98.7 Å². The molecule has 0 aromatic heterocycles. The molecule has 0 N–H and O–H groups in total. The van der Waals surface area contributed by atoms with E-state index in [9.17, 15) is 4.79 Å². The Morgan fingerprint density at radius 1 is 0.295 bits per heavy atom. The van der Waals surface area contributed by atoms with Gasteiger partial charge in [0, 0.05) is 11.1 Å². The van der Waals surface area contributed by atoms with Crippen molar-refractivity contribution in [3.8, 4) is 55.6 Å². The number of aryl methyl sites for hydroxylation is 1. The number of hydrogen-bond acceptors (Lipinski definition) is 1. The van der Waals surface area contributed by atoms with Crippen LogP contribution in [0, 0.1) is 6.92 Å². The minimum Gasteiger partial charge on any atom is -0.289 e. The van der Waals surface area contributed by atoms with Gasteiger partial charge in [0.2, 0.25) is 0 Å². The minimum atomic E-state index is 0.0213. The van der Waals surface area contributed by atoms with Crippen LogP contribution in [0.1, 0.15) is 21.5 Å². The zero-order chi connectivity index (χ0) is 40.9. The predicted octanol–water partition coefficient (Wildman–Crippen LogP) is 16.2. The van der Waals surface area contributed by atoms with Crippen molar-refractivity contribution in [2.75, 3.05) is 0 Å². The summed E-state index contributed by atoms with van der Waals surface area (Å²) in [4.78, 5) is 14.1. The normalized spacial score (nSPS) is 11.4. The van der Waals surface area contributed by atoms with Crippen molar-refractivity contribution in [2.24, 2.45) is 0 Å². The van der Waals surface area contributed by atoms with E-state index in [2.05, 4.69) is 183 Å². The molecule has 0 amide bonds. The number of carbonyl (C=O) groups excluding carboxylic acids is 1. The van der Waals surface area contributed by atoms with E-state index in [1.165, 1.54) is 71.6 Å². The van der Waals surface area contributed by atoms with Crippen LogP contribution in [0.15, 0.2) is 224 Å². The van der Waals surface area contributed by atoms with Crippen molar-refractivity contribution < 1.29 is 4.79 Å². The van der Waals surface area contributed by atoms with Crippen LogP contribution in [0.4, 0.5) is 0 Å². The minimum absolute atomic E-state index is 0.0213. The van der Waals surface area contributed by atoms with E-state index in [4.69, 9.17) is 0 Å². The topological polar surface area (TPSA) is 17.1 Å². The first-order chi connectivity index (χ1) is 30.1. The fourth-order valence-electron chi connectivity index (χ4n) is 9.67. The zero-order valence-corrected chi connectivity index (χ0v) is 33.8. The maximum atomic E-state index is 14.1. The summed E-state index contributed by atoms with van der Waals surface area (Å²) in [5.74, 6) is 0.0213. The fourth-order valence-corrected chi connectivity index (χ4v) is 9.67. The van der Waals surface area contributed by atoms with Crippen LogP contribution in [0.5, 0.6) is 0 Å². The van der Waals surface area contributed by atoms with Gasteiger partial charge in [-0.15, -0.1) is 0 Å². The maximum absolute atomic E-state index is 14.1. The van der Waals surface area contributed by atoms with Gasteiger partial charge < -0.3 is 0 Å². The van der Waals surface area contributed by atoms with Crippen molar-refractivity contribution in [3.05, 3.63) is 241 Å². The van der Waals surface area contributed by atoms with Gasteiger partial charge >= 0.3 is 0 Å². The van der Waals surface area contributed by atoms with Gasteiger partial charge in [-0.25, -0.2) is 0 Å². The van der Waals surface area contributed by atoms with E-state index >= 15 is 0 Å². The standard InChI is InChI=1S/C60H40O/c1-39-37-44(57-47-26-12-11-25-46(47)56(41-21-7-3-8-22-41)55-38-43(33-36-53(55)57)40-19-5-2-6-20-40)34-35-45(39)58-48-27-13-15-29-50(48)59(51-30-16-14-28-49(51)58)52-31-17-18-32-54(52)60(61)42-23-9-4-10-24-42/h2-38H,1H3. The Morgan fingerprint density at radius 2 is 0.721 bits per heavy atom. The van der Waals surface area contributed by atoms with Crippen molar-refractivity contribution in [1.29, 1.82) is 0 Å². The molecule has 0 unspecified atom stereocenters. The summed E-state index contributed by atoms with van der Waals surface area (Å²) in [6.07, 6.45) is 0. The molecule has 0 aliphatic heterocycles. The van der Waals surface area contributed by atoms with Gasteiger partial charge in [0.15, 0.2) is 5.78 Å². The Balaban J connectivity index is 1.14. The summed E-state index contributed by atoms with van der Waals surface area (Å²) in [5, 5.41) is 9.50. The molecule has 1 nitrogen and oxygen atoms in total. The van der Waals surface area contributed by atoms with Crippen molar-refractivity contribution in [1.82, 2.24) is 0 Å². The molecule has 0 fully saturated rings. The van der Waals surface area contributed by atoms with E-state index < -0.39 is 0 Å². The van der Waals surface area contributed by atoms with Gasteiger partial charge in [-0.3, -0.25) is 4.79 Å². The highest BCUT2D eigenvalue weighted by atomic mass is 16.1. The van der Waals surface area contributed by atoms with E-state index in [-0.39, 0.29) is 5.78 Å². The van der Waals surface area contributed by atoms with Gasteiger partial charge in [-0.1, -0.05) is 218 Å². The Kier molecular flexibility index (Phi) is 8.94. The molecule has 0 atom stereocenters. The molecule has 0 spiro atoms. The van der Waals surface area contributed by atoms with Gasteiger partial charge in [0.05, 0.1) is 0 Å². The monoisotopic (exact) mass is 776 g/mol. The highest BCUT2D eigenvalue weighted by Gasteiger charge is 2.23. The lowest BCUT2D eigenvalue weighted by atomic mass is 9.82. The second kappa shape index (κ2) is 15.1. The van der Waals surface area contributed by atoms with Gasteiger partial charge in [0.25, 0.3) is 0 Å². The lowest BCUT2D eigenvalue weighted by Crippen LogP contribution is -2.04. The molecule has 0 saturated carbocycles. The summed E-state index contributed by atoms with van der Waals surface area (Å²) in [6, 6.07) is 79.5. The number of ketones is 1. The molecule has 11 rings (SSSR count). The maximum Gasteiger partial charge on any atom is 0.193 e. The average Bonchev–Trinajstić information content (AvgIpc) is 3.33. The molecule has 11 aromatic carbocycles. The van der Waals surface area contributed by atoms with Crippen molar-refractivity contribution >= 4 is 48.9 Å². The highest BCUT2D eigenvalue weighted by molar-refractivity contribution is 6.25. The molecule has 11 aromatic rings. The molecule has 286 valence electrons. The van der Waals surface area contributed by atoms with Crippen LogP contribution in [0.2, 0.25) is 0 Å². The summed E-state index contributed by atoms with van der Waals surface area (Å²) in [7, 11) is 0. The Bertz CT molecular complexity index is 3420. The summed E-state index contributed by atoms with van der Waals surface area (Å²) in [5.41, 5.74) is 14.3. The van der Waals surface area contributed by atoms with Crippen LogP contribution < -0.4 is 0 Å². The predicted molar refractivity (Wildman–Crippen MR) is 258 cm³/mol. The molecule has 0 saturated heterocycles. The molecule has 0 heterocycles. The van der Waals surface area contributed by atoms with Gasteiger partial charge in [0.1, 0.15) is 0 Å². The lowest BCUT2D eigenvalue weighted by molar-refractivity contribution is 0.103. The summed E-state index contributed by atoms with van der Waals surface area (Å²) in [6.45, 7) is 2.25. The van der Waals surface area contributed by atoms with E-state index in [0.717, 1.165) is 32.7 Å². The second-order valence-electron chi connectivity index (χ2n) is 15.9. The molecular formula is C60H40O. The first-order valence-electron chi connectivity index (χ1n) is 21.0. The molecule has 0 aliphatic rings. The van der Waals surface area contributed by atoms with Crippen molar-refractivity contribution in [2.45, 2.75) is 6.92 Å². The number of fused-ring (bicyclic) bond motifs is 4. The second-order valence-corrected chi connectivity index (χ2v) is 15.9. The molecular weight excluding hydrogens is 737 g/mol. The summed E-state index contributed by atoms with van der Waals surface area (Å²) < 4.78 is 0. The number of hydrogen-bond donors (Lipinski definition) is 0. The van der Waals surface area contributed by atoms with Crippen molar-refractivity contribution in [3.63, 3.8) is 0 Å². The number of carbonyl (C=O) groups is 1. The van der Waals surface area contributed by atoms with Crippen LogP contribution in [0.3, 0.4) is 0 Å². The first-order valence-corrected chi connectivity index (χ1v) is 21.0. The van der Waals surface area contributed by atoms with Gasteiger partial charge in [-0.05, 0) is 117 Å². The Morgan fingerprint density at radius 3 is 1.30 bits per heavy atom. The van der Waals surface area contributed by atoms with Gasteiger partial charge in [-0.2, -0.15) is 0 Å². The smallest absolute Gasteiger partial charge is 0.193 e. The van der Waals surface area contributed by atoms with Crippen LogP contribution in [-0.4, -0.2) is 5.78 Å². The largest absolute Gasteiger partial charge is 0.289 e.